The molecule has 1 aromatic heterocycles. The van der Waals surface area contributed by atoms with Crippen molar-refractivity contribution in [3.63, 3.8) is 0 Å². The summed E-state index contributed by atoms with van der Waals surface area (Å²) in [6, 6.07) is 25.5. The van der Waals surface area contributed by atoms with Crippen LogP contribution in [0.25, 0.3) is 11.3 Å². The van der Waals surface area contributed by atoms with Gasteiger partial charge in [-0.05, 0) is 55.3 Å². The van der Waals surface area contributed by atoms with E-state index in [1.54, 1.807) is 0 Å². The van der Waals surface area contributed by atoms with Crippen molar-refractivity contribution in [1.82, 2.24) is 20.3 Å². The van der Waals surface area contributed by atoms with Crippen LogP contribution >= 0.6 is 11.6 Å². The molecule has 1 aliphatic heterocycles. The van der Waals surface area contributed by atoms with E-state index in [9.17, 15) is 0 Å². The third-order valence-electron chi connectivity index (χ3n) is 6.10. The zero-order valence-corrected chi connectivity index (χ0v) is 19.0. The average molecular weight is 444 g/mol. The number of hydrogen-bond donors (Lipinski definition) is 1. The minimum absolute atomic E-state index is 0.273. The highest BCUT2D eigenvalue weighted by Gasteiger charge is 2.24. The van der Waals surface area contributed by atoms with Crippen molar-refractivity contribution >= 4 is 23.0 Å². The monoisotopic (exact) mass is 443 g/mol. The highest BCUT2D eigenvalue weighted by Crippen LogP contribution is 2.39. The summed E-state index contributed by atoms with van der Waals surface area (Å²) in [5.74, 6) is 0. The molecular weight excluding hydrogens is 418 g/mol. The first kappa shape index (κ1) is 20.7. The lowest BCUT2D eigenvalue weighted by molar-refractivity contribution is 0.574. The van der Waals surface area contributed by atoms with Crippen LogP contribution in [0.3, 0.4) is 0 Å². The average Bonchev–Trinajstić information content (AvgIpc) is 3.10. The molecular formula is C26H26ClN5. The van der Waals surface area contributed by atoms with Crippen LogP contribution in [0.15, 0.2) is 72.8 Å². The molecule has 0 fully saturated rings. The summed E-state index contributed by atoms with van der Waals surface area (Å²) >= 11 is 6.16. The molecule has 162 valence electrons. The number of aryl methyl sites for hydroxylation is 1. The molecule has 0 amide bonds. The summed E-state index contributed by atoms with van der Waals surface area (Å²) in [5, 5.41) is 13.1. The standard InChI is InChI=1S/C26H26ClN5/c1-18(21-6-4-3-5-7-21)28-17-20-8-13-24-25(16-20)31(23-11-9-22(27)10-12-23)14-15-32-26(24)19(2)29-30-32/h3-13,16,18,28H,14-15,17H2,1-2H3/t18-/m1/s1. The summed E-state index contributed by atoms with van der Waals surface area (Å²) in [5.41, 5.74) is 8.01. The molecule has 1 atom stereocenters. The molecule has 5 nitrogen and oxygen atoms in total. The molecule has 0 unspecified atom stereocenters. The fraction of sp³-hybridized carbons (Fsp3) is 0.231. The van der Waals surface area contributed by atoms with E-state index in [1.807, 2.05) is 23.7 Å². The fourth-order valence-electron chi connectivity index (χ4n) is 4.34. The SMILES string of the molecule is Cc1nnn2c1-c1ccc(CN[C@H](C)c3ccccc3)cc1N(c1ccc(Cl)cc1)CC2. The predicted molar refractivity (Wildman–Crippen MR) is 130 cm³/mol. The number of nitrogens with zero attached hydrogens (tertiary/aromatic N) is 4. The van der Waals surface area contributed by atoms with E-state index in [0.717, 1.165) is 47.3 Å². The summed E-state index contributed by atoms with van der Waals surface area (Å²) < 4.78 is 2.01. The Morgan fingerprint density at radius 1 is 1.00 bits per heavy atom. The van der Waals surface area contributed by atoms with Gasteiger partial charge in [0.25, 0.3) is 0 Å². The second-order valence-electron chi connectivity index (χ2n) is 8.24. The van der Waals surface area contributed by atoms with E-state index in [1.165, 1.54) is 16.8 Å². The Labute approximate surface area is 193 Å². The number of aromatic nitrogens is 3. The molecule has 0 saturated heterocycles. The molecule has 1 N–H and O–H groups in total. The van der Waals surface area contributed by atoms with Gasteiger partial charge in [0.1, 0.15) is 0 Å². The maximum absolute atomic E-state index is 6.16. The van der Waals surface area contributed by atoms with Crippen LogP contribution in [0.1, 0.15) is 29.8 Å². The minimum atomic E-state index is 0.273. The van der Waals surface area contributed by atoms with Crippen molar-refractivity contribution in [2.45, 2.75) is 33.0 Å². The molecule has 0 bridgehead atoms. The highest BCUT2D eigenvalue weighted by molar-refractivity contribution is 6.30. The minimum Gasteiger partial charge on any atom is -0.339 e. The van der Waals surface area contributed by atoms with Gasteiger partial charge >= 0.3 is 0 Å². The lowest BCUT2D eigenvalue weighted by Gasteiger charge is -2.26. The van der Waals surface area contributed by atoms with Crippen LogP contribution in [-0.4, -0.2) is 21.5 Å². The van der Waals surface area contributed by atoms with Crippen LogP contribution in [0.2, 0.25) is 5.02 Å². The number of nitrogens with one attached hydrogen (secondary N) is 1. The summed E-state index contributed by atoms with van der Waals surface area (Å²) in [7, 11) is 0. The Morgan fingerprint density at radius 3 is 2.56 bits per heavy atom. The molecule has 3 aromatic carbocycles. The third kappa shape index (κ3) is 4.01. The molecule has 32 heavy (non-hydrogen) atoms. The summed E-state index contributed by atoms with van der Waals surface area (Å²) in [4.78, 5) is 2.35. The first-order chi connectivity index (χ1) is 15.6. The zero-order chi connectivity index (χ0) is 22.1. The molecule has 0 spiro atoms. The van der Waals surface area contributed by atoms with E-state index in [-0.39, 0.29) is 6.04 Å². The second kappa shape index (κ2) is 8.77. The van der Waals surface area contributed by atoms with E-state index >= 15 is 0 Å². The lowest BCUT2D eigenvalue weighted by Crippen LogP contribution is -2.22. The maximum Gasteiger partial charge on any atom is 0.0936 e. The van der Waals surface area contributed by atoms with Gasteiger partial charge in [-0.1, -0.05) is 59.3 Å². The normalized spacial score (nSPS) is 13.9. The number of rotatable bonds is 5. The van der Waals surface area contributed by atoms with Gasteiger partial charge < -0.3 is 10.2 Å². The highest BCUT2D eigenvalue weighted by atomic mass is 35.5. The number of halogens is 1. The van der Waals surface area contributed by atoms with Crippen molar-refractivity contribution < 1.29 is 0 Å². The quantitative estimate of drug-likeness (QED) is 0.416. The van der Waals surface area contributed by atoms with Crippen LogP contribution in [0.4, 0.5) is 11.4 Å². The molecule has 5 rings (SSSR count). The van der Waals surface area contributed by atoms with Gasteiger partial charge in [0.15, 0.2) is 0 Å². The number of benzene rings is 3. The van der Waals surface area contributed by atoms with Gasteiger partial charge in [-0.3, -0.25) is 0 Å². The van der Waals surface area contributed by atoms with Gasteiger partial charge in [-0.25, -0.2) is 4.68 Å². The van der Waals surface area contributed by atoms with E-state index in [4.69, 9.17) is 11.6 Å². The van der Waals surface area contributed by atoms with Crippen LogP contribution in [0.5, 0.6) is 0 Å². The van der Waals surface area contributed by atoms with Crippen molar-refractivity contribution in [3.05, 3.63) is 94.6 Å². The molecule has 0 saturated carbocycles. The first-order valence-electron chi connectivity index (χ1n) is 10.9. The number of hydrogen-bond acceptors (Lipinski definition) is 4. The van der Waals surface area contributed by atoms with Crippen molar-refractivity contribution in [2.24, 2.45) is 0 Å². The molecule has 2 heterocycles. The van der Waals surface area contributed by atoms with E-state index in [2.05, 4.69) is 88.1 Å². The predicted octanol–water partition coefficient (Wildman–Crippen LogP) is 5.91. The van der Waals surface area contributed by atoms with Gasteiger partial charge in [0.2, 0.25) is 0 Å². The largest absolute Gasteiger partial charge is 0.339 e. The molecule has 0 radical (unpaired) electrons. The summed E-state index contributed by atoms with van der Waals surface area (Å²) in [6.45, 7) is 6.59. The first-order valence-corrected chi connectivity index (χ1v) is 11.3. The van der Waals surface area contributed by atoms with Crippen molar-refractivity contribution in [1.29, 1.82) is 0 Å². The topological polar surface area (TPSA) is 46.0 Å². The van der Waals surface area contributed by atoms with E-state index < -0.39 is 0 Å². The second-order valence-corrected chi connectivity index (χ2v) is 8.68. The number of anilines is 2. The molecule has 1 aliphatic rings. The van der Waals surface area contributed by atoms with Crippen LogP contribution in [0, 0.1) is 6.92 Å². The van der Waals surface area contributed by atoms with Gasteiger partial charge in [-0.2, -0.15) is 0 Å². The lowest BCUT2D eigenvalue weighted by atomic mass is 10.0. The third-order valence-corrected chi connectivity index (χ3v) is 6.35. The van der Waals surface area contributed by atoms with Gasteiger partial charge in [0.05, 0.1) is 23.6 Å². The van der Waals surface area contributed by atoms with Gasteiger partial charge in [-0.15, -0.1) is 5.10 Å². The molecule has 0 aliphatic carbocycles. The maximum atomic E-state index is 6.16. The Morgan fingerprint density at radius 2 is 1.78 bits per heavy atom. The number of fused-ring (bicyclic) bond motifs is 3. The van der Waals surface area contributed by atoms with Crippen LogP contribution < -0.4 is 10.2 Å². The Balaban J connectivity index is 1.50. The summed E-state index contributed by atoms with van der Waals surface area (Å²) in [6.07, 6.45) is 0. The molecule has 4 aromatic rings. The Bertz CT molecular complexity index is 1220. The van der Waals surface area contributed by atoms with Crippen molar-refractivity contribution in [2.75, 3.05) is 11.4 Å². The van der Waals surface area contributed by atoms with E-state index in [0.29, 0.717) is 0 Å². The zero-order valence-electron chi connectivity index (χ0n) is 18.3. The Hall–Kier alpha value is -3.15. The fourth-order valence-corrected chi connectivity index (χ4v) is 4.46. The van der Waals surface area contributed by atoms with Crippen LogP contribution in [-0.2, 0) is 13.1 Å². The van der Waals surface area contributed by atoms with Gasteiger partial charge in [0, 0.05) is 35.4 Å². The Kier molecular flexibility index (Phi) is 5.68. The molecule has 6 heteroatoms. The van der Waals surface area contributed by atoms with Crippen molar-refractivity contribution in [3.8, 4) is 11.3 Å². The smallest absolute Gasteiger partial charge is 0.0936 e.